The molecule has 2 fully saturated rings. The summed E-state index contributed by atoms with van der Waals surface area (Å²) in [6.07, 6.45) is 3.53. The number of carbonyl (C=O) groups excluding carboxylic acids is 1. The highest BCUT2D eigenvalue weighted by molar-refractivity contribution is 7.99. The number of hydrogen-bond donors (Lipinski definition) is 1. The van der Waals surface area contributed by atoms with E-state index in [4.69, 9.17) is 4.74 Å². The number of carboxylic acid groups (broad SMARTS) is 1. The van der Waals surface area contributed by atoms with Crippen LogP contribution in [0.2, 0.25) is 0 Å². The lowest BCUT2D eigenvalue weighted by atomic mass is 9.71. The fraction of sp³-hybridized carbons (Fsp3) is 0.600. The van der Waals surface area contributed by atoms with Gasteiger partial charge >= 0.3 is 5.97 Å². The molecule has 0 saturated carbocycles. The first-order chi connectivity index (χ1) is 13.0. The molecule has 27 heavy (non-hydrogen) atoms. The van der Waals surface area contributed by atoms with Crippen molar-refractivity contribution in [2.75, 3.05) is 45.3 Å². The molecule has 3 rings (SSSR count). The molecule has 1 unspecified atom stereocenters. The summed E-state index contributed by atoms with van der Waals surface area (Å²) in [7, 11) is 1.67. The lowest BCUT2D eigenvalue weighted by Gasteiger charge is -2.41. The minimum Gasteiger partial charge on any atom is -0.497 e. The van der Waals surface area contributed by atoms with E-state index in [0.29, 0.717) is 18.8 Å². The van der Waals surface area contributed by atoms with Crippen LogP contribution in [-0.2, 0) is 16.1 Å². The van der Waals surface area contributed by atoms with E-state index in [1.165, 1.54) is 17.3 Å². The summed E-state index contributed by atoms with van der Waals surface area (Å²) >= 11 is 1.49. The maximum Gasteiger partial charge on any atom is 0.308 e. The van der Waals surface area contributed by atoms with Crippen molar-refractivity contribution in [3.05, 3.63) is 29.8 Å². The second-order valence-electron chi connectivity index (χ2n) is 7.59. The molecule has 1 N–H and O–H groups in total. The third-order valence-electron chi connectivity index (χ3n) is 5.96. The summed E-state index contributed by atoms with van der Waals surface area (Å²) in [6, 6.07) is 8.06. The number of hydrogen-bond acceptors (Lipinski definition) is 5. The number of carbonyl (C=O) groups is 2. The minimum atomic E-state index is -0.768. The summed E-state index contributed by atoms with van der Waals surface area (Å²) in [6.45, 7) is 3.47. The Morgan fingerprint density at radius 1 is 1.33 bits per heavy atom. The number of piperidine rings is 1. The normalized spacial score (nSPS) is 22.1. The van der Waals surface area contributed by atoms with Crippen LogP contribution in [0.15, 0.2) is 24.3 Å². The fourth-order valence-electron chi connectivity index (χ4n) is 4.41. The van der Waals surface area contributed by atoms with E-state index in [0.717, 1.165) is 38.2 Å². The molecule has 2 aliphatic heterocycles. The highest BCUT2D eigenvalue weighted by Gasteiger charge is 2.52. The molecule has 1 spiro atoms. The molecule has 0 aliphatic carbocycles. The summed E-state index contributed by atoms with van der Waals surface area (Å²) in [4.78, 5) is 28.3. The molecule has 1 atom stereocenters. The van der Waals surface area contributed by atoms with Crippen LogP contribution < -0.4 is 4.74 Å². The molecule has 6 nitrogen and oxygen atoms in total. The minimum absolute atomic E-state index is 0.0597. The molecule has 7 heteroatoms. The number of ether oxygens (including phenoxy) is 1. The van der Waals surface area contributed by atoms with Crippen LogP contribution in [0.4, 0.5) is 0 Å². The molecule has 148 valence electrons. The van der Waals surface area contributed by atoms with Crippen LogP contribution in [0.3, 0.4) is 0 Å². The number of carboxylic acids is 1. The lowest BCUT2D eigenvalue weighted by Crippen LogP contribution is -2.46. The number of likely N-dealkylation sites (tertiary alicyclic amines) is 2. The Balaban J connectivity index is 1.64. The Morgan fingerprint density at radius 3 is 2.70 bits per heavy atom. The van der Waals surface area contributed by atoms with Gasteiger partial charge in [-0.15, -0.1) is 0 Å². The number of nitrogens with zero attached hydrogens (tertiary/aromatic N) is 2. The van der Waals surface area contributed by atoms with E-state index < -0.39 is 11.9 Å². The molecule has 1 amide bonds. The topological polar surface area (TPSA) is 70.1 Å². The Morgan fingerprint density at radius 2 is 2.07 bits per heavy atom. The molecule has 0 radical (unpaired) electrons. The zero-order valence-electron chi connectivity index (χ0n) is 16.0. The van der Waals surface area contributed by atoms with Crippen molar-refractivity contribution < 1.29 is 19.4 Å². The first-order valence-electron chi connectivity index (χ1n) is 9.32. The van der Waals surface area contributed by atoms with Gasteiger partial charge in [0, 0.05) is 25.0 Å². The van der Waals surface area contributed by atoms with Crippen molar-refractivity contribution in [1.29, 1.82) is 0 Å². The van der Waals surface area contributed by atoms with E-state index in [-0.39, 0.29) is 11.3 Å². The quantitative estimate of drug-likeness (QED) is 0.800. The Hall–Kier alpha value is -1.73. The van der Waals surface area contributed by atoms with Gasteiger partial charge in [-0.05, 0) is 49.9 Å². The molecular formula is C20H28N2O4S. The molecular weight excluding hydrogens is 364 g/mol. The second-order valence-corrected chi connectivity index (χ2v) is 8.45. The molecule has 2 aliphatic rings. The summed E-state index contributed by atoms with van der Waals surface area (Å²) < 4.78 is 5.29. The average Bonchev–Trinajstić information content (AvgIpc) is 3.04. The van der Waals surface area contributed by atoms with Crippen molar-refractivity contribution in [1.82, 2.24) is 9.80 Å². The molecule has 0 bridgehead atoms. The van der Waals surface area contributed by atoms with Crippen LogP contribution in [0.25, 0.3) is 0 Å². The van der Waals surface area contributed by atoms with Crippen molar-refractivity contribution in [2.24, 2.45) is 11.3 Å². The molecule has 0 aromatic heterocycles. The number of amides is 1. The predicted molar refractivity (Wildman–Crippen MR) is 106 cm³/mol. The average molecular weight is 393 g/mol. The third kappa shape index (κ3) is 4.41. The highest BCUT2D eigenvalue weighted by Crippen LogP contribution is 2.45. The number of methoxy groups -OCH3 is 1. The molecule has 1 aromatic rings. The second kappa shape index (κ2) is 8.52. The number of aliphatic carboxylic acids is 1. The van der Waals surface area contributed by atoms with Gasteiger partial charge in [-0.3, -0.25) is 14.5 Å². The van der Waals surface area contributed by atoms with E-state index in [1.807, 2.05) is 24.5 Å². The van der Waals surface area contributed by atoms with Gasteiger partial charge in [0.1, 0.15) is 5.75 Å². The van der Waals surface area contributed by atoms with Gasteiger partial charge < -0.3 is 14.7 Å². The number of benzene rings is 1. The summed E-state index contributed by atoms with van der Waals surface area (Å²) in [5.74, 6) is 0.109. The number of thioether (sulfide) groups is 1. The van der Waals surface area contributed by atoms with E-state index in [9.17, 15) is 14.7 Å². The standard InChI is InChI=1S/C20H28N2O4S/c1-26-16-5-3-4-15(10-16)11-21-8-6-20(7-9-21)14-22(18(23)13-27-2)12-17(20)19(24)25/h3-5,10,17H,6-9,11-14H2,1-2H3,(H,24,25). The Kier molecular flexibility index (Phi) is 6.32. The van der Waals surface area contributed by atoms with Crippen LogP contribution in [0.1, 0.15) is 18.4 Å². The SMILES string of the molecule is COc1cccc(CN2CCC3(CC2)CN(C(=O)CSC)CC3C(=O)O)c1. The number of rotatable bonds is 6. The summed E-state index contributed by atoms with van der Waals surface area (Å²) in [5.41, 5.74) is 0.911. The van der Waals surface area contributed by atoms with Crippen LogP contribution in [0, 0.1) is 11.3 Å². The smallest absolute Gasteiger partial charge is 0.308 e. The zero-order chi connectivity index (χ0) is 19.4. The third-order valence-corrected chi connectivity index (χ3v) is 6.49. The van der Waals surface area contributed by atoms with Crippen molar-refractivity contribution in [3.8, 4) is 5.75 Å². The first-order valence-corrected chi connectivity index (χ1v) is 10.7. The lowest BCUT2D eigenvalue weighted by molar-refractivity contribution is -0.145. The van der Waals surface area contributed by atoms with Gasteiger partial charge in [0.25, 0.3) is 0 Å². The zero-order valence-corrected chi connectivity index (χ0v) is 16.8. The van der Waals surface area contributed by atoms with Gasteiger partial charge in [0.2, 0.25) is 5.91 Å². The molecule has 2 heterocycles. The van der Waals surface area contributed by atoms with Crippen LogP contribution >= 0.6 is 11.8 Å². The van der Waals surface area contributed by atoms with E-state index in [1.54, 1.807) is 12.0 Å². The van der Waals surface area contributed by atoms with Crippen LogP contribution in [-0.4, -0.2) is 72.1 Å². The molecule has 1 aromatic carbocycles. The predicted octanol–water partition coefficient (Wildman–Crippen LogP) is 2.18. The van der Waals surface area contributed by atoms with Gasteiger partial charge in [0.15, 0.2) is 0 Å². The molecule has 2 saturated heterocycles. The monoisotopic (exact) mass is 392 g/mol. The fourth-order valence-corrected chi connectivity index (χ4v) is 4.84. The van der Waals surface area contributed by atoms with Crippen LogP contribution in [0.5, 0.6) is 5.75 Å². The van der Waals surface area contributed by atoms with E-state index >= 15 is 0 Å². The Bertz CT molecular complexity index is 688. The van der Waals surface area contributed by atoms with Gasteiger partial charge in [-0.2, -0.15) is 11.8 Å². The summed E-state index contributed by atoms with van der Waals surface area (Å²) in [5, 5.41) is 9.75. The van der Waals surface area contributed by atoms with E-state index in [2.05, 4.69) is 11.0 Å². The largest absolute Gasteiger partial charge is 0.497 e. The van der Waals surface area contributed by atoms with Gasteiger partial charge in [-0.25, -0.2) is 0 Å². The first kappa shape index (κ1) is 20.0. The van der Waals surface area contributed by atoms with Crippen molar-refractivity contribution in [2.45, 2.75) is 19.4 Å². The maximum absolute atomic E-state index is 12.3. The van der Waals surface area contributed by atoms with Crippen molar-refractivity contribution >= 4 is 23.6 Å². The van der Waals surface area contributed by atoms with Gasteiger partial charge in [-0.1, -0.05) is 12.1 Å². The maximum atomic E-state index is 12.3. The van der Waals surface area contributed by atoms with Crippen molar-refractivity contribution in [3.63, 3.8) is 0 Å². The highest BCUT2D eigenvalue weighted by atomic mass is 32.2. The Labute approximate surface area is 164 Å². The van der Waals surface area contributed by atoms with Gasteiger partial charge in [0.05, 0.1) is 18.8 Å².